The molecule has 7 nitrogen and oxygen atoms in total. The number of aromatic amines is 1. The van der Waals surface area contributed by atoms with E-state index in [0.717, 1.165) is 46.4 Å². The van der Waals surface area contributed by atoms with Gasteiger partial charge in [-0.05, 0) is 66.8 Å². The van der Waals surface area contributed by atoms with Crippen molar-refractivity contribution in [2.75, 3.05) is 26.3 Å². The van der Waals surface area contributed by atoms with Gasteiger partial charge in [-0.2, -0.15) is 0 Å². The summed E-state index contributed by atoms with van der Waals surface area (Å²) in [6, 6.07) is 19.7. The summed E-state index contributed by atoms with van der Waals surface area (Å²) in [7, 11) is 0. The van der Waals surface area contributed by atoms with Crippen LogP contribution in [0.3, 0.4) is 0 Å². The molecular weight excluding hydrogens is 464 g/mol. The number of benzene rings is 2. The summed E-state index contributed by atoms with van der Waals surface area (Å²) in [6.45, 7) is 2.50. The molecule has 5 heterocycles. The van der Waals surface area contributed by atoms with Crippen LogP contribution in [0.25, 0.3) is 33.2 Å². The van der Waals surface area contributed by atoms with Crippen molar-refractivity contribution in [1.82, 2.24) is 19.9 Å². The number of para-hydroxylation sites is 1. The van der Waals surface area contributed by atoms with Gasteiger partial charge in [-0.3, -0.25) is 4.79 Å². The van der Waals surface area contributed by atoms with Gasteiger partial charge in [-0.15, -0.1) is 0 Å². The average Bonchev–Trinajstić information content (AvgIpc) is 3.40. The van der Waals surface area contributed by atoms with E-state index < -0.39 is 0 Å². The number of hydrogen-bond donors (Lipinski definition) is 1. The number of likely N-dealkylation sites (tertiary alicyclic amines) is 1. The van der Waals surface area contributed by atoms with Gasteiger partial charge in [0.25, 0.3) is 5.91 Å². The van der Waals surface area contributed by atoms with Crippen molar-refractivity contribution in [3.8, 4) is 22.8 Å². The van der Waals surface area contributed by atoms with Gasteiger partial charge in [-0.25, -0.2) is 9.97 Å². The SMILES string of the molecule is O=C(c1cc(-c2ccc3c(c2)OCCO3)nc2ccccc12)N1CCC(c2c[nH]c3ncccc23)CC1. The molecule has 2 aliphatic heterocycles. The fraction of sp³-hybridized carbons (Fsp3) is 0.233. The number of fused-ring (bicyclic) bond motifs is 3. The Morgan fingerprint density at radius 3 is 2.62 bits per heavy atom. The Hall–Kier alpha value is -4.39. The van der Waals surface area contributed by atoms with Crippen LogP contribution in [-0.2, 0) is 0 Å². The molecule has 5 aromatic rings. The van der Waals surface area contributed by atoms with E-state index >= 15 is 0 Å². The first-order valence-corrected chi connectivity index (χ1v) is 12.8. The molecule has 3 aromatic heterocycles. The topological polar surface area (TPSA) is 80.3 Å². The molecule has 0 atom stereocenters. The number of pyridine rings is 2. The van der Waals surface area contributed by atoms with Crippen LogP contribution < -0.4 is 9.47 Å². The third-order valence-electron chi connectivity index (χ3n) is 7.49. The second-order valence-corrected chi connectivity index (χ2v) is 9.64. The Balaban J connectivity index is 1.18. The van der Waals surface area contributed by atoms with Gasteiger partial charge in [-0.1, -0.05) is 18.2 Å². The molecule has 1 N–H and O–H groups in total. The van der Waals surface area contributed by atoms with Crippen LogP contribution in [-0.4, -0.2) is 52.1 Å². The lowest BCUT2D eigenvalue weighted by atomic mass is 9.89. The molecule has 0 spiro atoms. The summed E-state index contributed by atoms with van der Waals surface area (Å²) >= 11 is 0. The van der Waals surface area contributed by atoms with E-state index in [-0.39, 0.29) is 5.91 Å². The highest BCUT2D eigenvalue weighted by molar-refractivity contribution is 6.07. The van der Waals surface area contributed by atoms with Crippen molar-refractivity contribution >= 4 is 27.8 Å². The van der Waals surface area contributed by atoms with E-state index in [0.29, 0.717) is 43.5 Å². The number of ether oxygens (including phenoxy) is 2. The van der Waals surface area contributed by atoms with Crippen LogP contribution in [0.4, 0.5) is 0 Å². The molecule has 7 rings (SSSR count). The lowest BCUT2D eigenvalue weighted by Crippen LogP contribution is -2.38. The van der Waals surface area contributed by atoms with Gasteiger partial charge in [0.15, 0.2) is 11.5 Å². The summed E-state index contributed by atoms with van der Waals surface area (Å²) in [4.78, 5) is 28.5. The molecule has 0 aliphatic carbocycles. The second kappa shape index (κ2) is 8.92. The summed E-state index contributed by atoms with van der Waals surface area (Å²) in [5.41, 5.74) is 5.36. The molecule has 2 aromatic carbocycles. The van der Waals surface area contributed by atoms with Crippen LogP contribution in [0, 0.1) is 0 Å². The molecular formula is C30H26N4O3. The van der Waals surface area contributed by atoms with E-state index in [9.17, 15) is 4.79 Å². The van der Waals surface area contributed by atoms with Crippen molar-refractivity contribution in [2.24, 2.45) is 0 Å². The molecule has 1 amide bonds. The zero-order valence-electron chi connectivity index (χ0n) is 20.3. The predicted molar refractivity (Wildman–Crippen MR) is 142 cm³/mol. The van der Waals surface area contributed by atoms with Gasteiger partial charge in [0, 0.05) is 41.8 Å². The predicted octanol–water partition coefficient (Wildman–Crippen LogP) is 5.57. The molecule has 0 radical (unpaired) electrons. The molecule has 1 saturated heterocycles. The van der Waals surface area contributed by atoms with Crippen molar-refractivity contribution in [3.05, 3.63) is 84.2 Å². The molecule has 1 fully saturated rings. The van der Waals surface area contributed by atoms with E-state index in [1.165, 1.54) is 10.9 Å². The Morgan fingerprint density at radius 1 is 0.919 bits per heavy atom. The number of nitrogens with one attached hydrogen (secondary N) is 1. The van der Waals surface area contributed by atoms with Crippen LogP contribution in [0.15, 0.2) is 73.1 Å². The van der Waals surface area contributed by atoms with Crippen molar-refractivity contribution in [3.63, 3.8) is 0 Å². The molecule has 37 heavy (non-hydrogen) atoms. The Morgan fingerprint density at radius 2 is 1.73 bits per heavy atom. The van der Waals surface area contributed by atoms with Crippen LogP contribution in [0.2, 0.25) is 0 Å². The highest BCUT2D eigenvalue weighted by atomic mass is 16.6. The Kier molecular flexibility index (Phi) is 5.27. The van der Waals surface area contributed by atoms with Crippen molar-refractivity contribution in [2.45, 2.75) is 18.8 Å². The number of aromatic nitrogens is 3. The maximum absolute atomic E-state index is 13.9. The zero-order chi connectivity index (χ0) is 24.8. The van der Waals surface area contributed by atoms with Gasteiger partial charge < -0.3 is 19.4 Å². The van der Waals surface area contributed by atoms with Gasteiger partial charge >= 0.3 is 0 Å². The summed E-state index contributed by atoms with van der Waals surface area (Å²) in [5.74, 6) is 1.91. The Bertz CT molecular complexity index is 1640. The van der Waals surface area contributed by atoms with Gasteiger partial charge in [0.05, 0.1) is 16.8 Å². The van der Waals surface area contributed by atoms with Crippen LogP contribution in [0.5, 0.6) is 11.5 Å². The van der Waals surface area contributed by atoms with Gasteiger partial charge in [0.2, 0.25) is 0 Å². The number of amides is 1. The Labute approximate surface area is 214 Å². The number of piperidine rings is 1. The first kappa shape index (κ1) is 21.9. The molecule has 0 unspecified atom stereocenters. The molecule has 0 bridgehead atoms. The lowest BCUT2D eigenvalue weighted by molar-refractivity contribution is 0.0715. The highest BCUT2D eigenvalue weighted by Crippen LogP contribution is 2.36. The highest BCUT2D eigenvalue weighted by Gasteiger charge is 2.27. The standard InChI is InChI=1S/C30H26N4O3/c35-30(34-12-9-19(10-13-34)24-18-32-29-22(24)5-3-11-31-29)23-17-26(33-25-6-2-1-4-21(23)25)20-7-8-27-28(16-20)37-15-14-36-27/h1-8,11,16-19H,9-10,12-15H2,(H,31,32). The summed E-state index contributed by atoms with van der Waals surface area (Å²) in [6.07, 6.45) is 5.73. The minimum absolute atomic E-state index is 0.0523. The molecule has 184 valence electrons. The van der Waals surface area contributed by atoms with E-state index in [1.54, 1.807) is 0 Å². The van der Waals surface area contributed by atoms with Gasteiger partial charge in [0.1, 0.15) is 18.9 Å². The van der Waals surface area contributed by atoms with Crippen LogP contribution >= 0.6 is 0 Å². The normalized spacial score (nSPS) is 15.8. The monoisotopic (exact) mass is 490 g/mol. The van der Waals surface area contributed by atoms with Crippen molar-refractivity contribution in [1.29, 1.82) is 0 Å². The maximum Gasteiger partial charge on any atom is 0.254 e. The lowest BCUT2D eigenvalue weighted by Gasteiger charge is -2.32. The summed E-state index contributed by atoms with van der Waals surface area (Å²) < 4.78 is 11.5. The number of carbonyl (C=O) groups excluding carboxylic acids is 1. The third-order valence-corrected chi connectivity index (χ3v) is 7.49. The fourth-order valence-electron chi connectivity index (χ4n) is 5.58. The number of rotatable bonds is 3. The quantitative estimate of drug-likeness (QED) is 0.358. The molecule has 0 saturated carbocycles. The first-order valence-electron chi connectivity index (χ1n) is 12.8. The fourth-order valence-corrected chi connectivity index (χ4v) is 5.58. The molecule has 2 aliphatic rings. The second-order valence-electron chi connectivity index (χ2n) is 9.64. The van der Waals surface area contributed by atoms with E-state index in [2.05, 4.69) is 22.2 Å². The summed E-state index contributed by atoms with van der Waals surface area (Å²) in [5, 5.41) is 2.05. The largest absolute Gasteiger partial charge is 0.486 e. The number of hydrogen-bond acceptors (Lipinski definition) is 5. The first-order chi connectivity index (χ1) is 18.2. The third kappa shape index (κ3) is 3.87. The minimum atomic E-state index is 0.0523. The smallest absolute Gasteiger partial charge is 0.254 e. The van der Waals surface area contributed by atoms with E-state index in [4.69, 9.17) is 14.5 Å². The van der Waals surface area contributed by atoms with Crippen molar-refractivity contribution < 1.29 is 14.3 Å². The maximum atomic E-state index is 13.9. The van der Waals surface area contributed by atoms with Crippen LogP contribution in [0.1, 0.15) is 34.7 Å². The zero-order valence-corrected chi connectivity index (χ0v) is 20.3. The van der Waals surface area contributed by atoms with E-state index in [1.807, 2.05) is 65.7 Å². The molecule has 7 heteroatoms. The number of H-pyrrole nitrogens is 1. The average molecular weight is 491 g/mol. The number of carbonyl (C=O) groups is 1. The number of nitrogens with zero attached hydrogens (tertiary/aromatic N) is 3. The minimum Gasteiger partial charge on any atom is -0.486 e.